The van der Waals surface area contributed by atoms with Gasteiger partial charge in [-0.05, 0) is 37.5 Å². The number of benzene rings is 1. The first-order valence-electron chi connectivity index (χ1n) is 10.7. The van der Waals surface area contributed by atoms with Crippen LogP contribution in [0.4, 0.5) is 11.6 Å². The molecule has 0 saturated carbocycles. The van der Waals surface area contributed by atoms with Crippen LogP contribution in [-0.4, -0.2) is 59.6 Å². The van der Waals surface area contributed by atoms with Crippen molar-refractivity contribution in [2.24, 2.45) is 0 Å². The van der Waals surface area contributed by atoms with Crippen LogP contribution in [0.1, 0.15) is 23.4 Å². The number of methoxy groups -OCH3 is 2. The highest BCUT2D eigenvalue weighted by molar-refractivity contribution is 5.59. The van der Waals surface area contributed by atoms with Crippen molar-refractivity contribution in [1.29, 1.82) is 0 Å². The van der Waals surface area contributed by atoms with Crippen LogP contribution in [0.2, 0.25) is 0 Å². The highest BCUT2D eigenvalue weighted by Crippen LogP contribution is 2.34. The normalized spacial score (nSPS) is 16.2. The van der Waals surface area contributed by atoms with E-state index in [1.54, 1.807) is 20.4 Å². The maximum atomic E-state index is 5.35. The van der Waals surface area contributed by atoms with Gasteiger partial charge in [-0.1, -0.05) is 17.7 Å². The number of ether oxygens (including phenoxy) is 2. The second kappa shape index (κ2) is 8.19. The molecule has 1 saturated heterocycles. The van der Waals surface area contributed by atoms with E-state index in [1.165, 1.54) is 29.7 Å². The lowest BCUT2D eigenvalue weighted by Gasteiger charge is -2.48. The van der Waals surface area contributed by atoms with E-state index < -0.39 is 0 Å². The Morgan fingerprint density at radius 3 is 2.71 bits per heavy atom. The molecule has 0 bridgehead atoms. The fourth-order valence-corrected chi connectivity index (χ4v) is 4.57. The first-order valence-corrected chi connectivity index (χ1v) is 10.7. The molecule has 0 radical (unpaired) electrons. The predicted octanol–water partition coefficient (Wildman–Crippen LogP) is 2.77. The molecule has 1 fully saturated rings. The monoisotopic (exact) mass is 420 g/mol. The molecule has 3 aromatic rings. The first-order chi connectivity index (χ1) is 15.2. The summed E-state index contributed by atoms with van der Waals surface area (Å²) in [6.07, 6.45) is 4.16. The Hall–Kier alpha value is -3.13. The minimum Gasteiger partial charge on any atom is -0.481 e. The molecule has 2 aliphatic heterocycles. The van der Waals surface area contributed by atoms with Crippen LogP contribution in [-0.2, 0) is 17.8 Å². The molecule has 31 heavy (non-hydrogen) atoms. The Labute approximate surface area is 182 Å². The largest absolute Gasteiger partial charge is 0.481 e. The fourth-order valence-electron chi connectivity index (χ4n) is 4.57. The summed E-state index contributed by atoms with van der Waals surface area (Å²) in [7, 11) is 3.28. The lowest BCUT2D eigenvalue weighted by molar-refractivity contribution is 0.176. The quantitative estimate of drug-likeness (QED) is 0.607. The number of hydrogen-bond donors (Lipinski definition) is 0. The molecular weight excluding hydrogens is 392 g/mol. The van der Waals surface area contributed by atoms with Crippen LogP contribution in [0.25, 0.3) is 5.69 Å². The topological polar surface area (TPSA) is 68.5 Å². The van der Waals surface area contributed by atoms with Crippen molar-refractivity contribution < 1.29 is 9.47 Å². The molecule has 0 spiro atoms. The van der Waals surface area contributed by atoms with E-state index in [0.717, 1.165) is 37.1 Å². The van der Waals surface area contributed by atoms with E-state index in [1.807, 2.05) is 16.7 Å². The Balaban J connectivity index is 1.38. The van der Waals surface area contributed by atoms with Crippen LogP contribution < -0.4 is 14.5 Å². The summed E-state index contributed by atoms with van der Waals surface area (Å²) in [4.78, 5) is 9.20. The van der Waals surface area contributed by atoms with Gasteiger partial charge >= 0.3 is 0 Å². The van der Waals surface area contributed by atoms with Crippen LogP contribution in [0.5, 0.6) is 5.88 Å². The molecule has 0 atom stereocenters. The lowest BCUT2D eigenvalue weighted by Crippen LogP contribution is -2.61. The predicted molar refractivity (Wildman–Crippen MR) is 119 cm³/mol. The first kappa shape index (κ1) is 19.8. The van der Waals surface area contributed by atoms with Gasteiger partial charge < -0.3 is 19.3 Å². The fraction of sp³-hybridized carbons (Fsp3) is 0.435. The number of fused-ring (bicyclic) bond motifs is 1. The average Bonchev–Trinajstić information content (AvgIpc) is 3.16. The van der Waals surface area contributed by atoms with Crippen molar-refractivity contribution in [3.63, 3.8) is 0 Å². The Kier molecular flexibility index (Phi) is 5.23. The molecule has 1 aromatic carbocycles. The van der Waals surface area contributed by atoms with E-state index in [0.29, 0.717) is 18.5 Å². The lowest BCUT2D eigenvalue weighted by atomic mass is 9.96. The molecule has 0 aliphatic carbocycles. The average molecular weight is 421 g/mol. The second-order valence-corrected chi connectivity index (χ2v) is 8.23. The Morgan fingerprint density at radius 2 is 1.97 bits per heavy atom. The Bertz CT molecular complexity index is 1060. The van der Waals surface area contributed by atoms with Gasteiger partial charge in [0.05, 0.1) is 25.0 Å². The third-order valence-corrected chi connectivity index (χ3v) is 6.15. The summed E-state index contributed by atoms with van der Waals surface area (Å²) in [6.45, 7) is 5.50. The van der Waals surface area contributed by atoms with Gasteiger partial charge in [0, 0.05) is 38.5 Å². The maximum Gasteiger partial charge on any atom is 0.232 e. The van der Waals surface area contributed by atoms with Gasteiger partial charge in [0.25, 0.3) is 0 Å². The smallest absolute Gasteiger partial charge is 0.232 e. The van der Waals surface area contributed by atoms with Gasteiger partial charge in [-0.25, -0.2) is 4.98 Å². The summed E-state index contributed by atoms with van der Waals surface area (Å²) in [5.41, 5.74) is 5.10. The van der Waals surface area contributed by atoms with E-state index >= 15 is 0 Å². The highest BCUT2D eigenvalue weighted by Gasteiger charge is 2.37. The third-order valence-electron chi connectivity index (χ3n) is 6.15. The summed E-state index contributed by atoms with van der Waals surface area (Å²) < 4.78 is 12.6. The van der Waals surface area contributed by atoms with Crippen LogP contribution >= 0.6 is 0 Å². The Morgan fingerprint density at radius 1 is 1.10 bits per heavy atom. The van der Waals surface area contributed by atoms with Crippen LogP contribution in [0.3, 0.4) is 0 Å². The number of anilines is 2. The minimum atomic E-state index is 0.384. The number of nitrogens with zero attached hydrogens (tertiary/aromatic N) is 6. The molecule has 4 heterocycles. The summed E-state index contributed by atoms with van der Waals surface area (Å²) in [6, 6.07) is 11.1. The zero-order valence-corrected chi connectivity index (χ0v) is 18.3. The zero-order valence-electron chi connectivity index (χ0n) is 18.3. The number of rotatable bonds is 6. The van der Waals surface area contributed by atoms with Gasteiger partial charge in [-0.3, -0.25) is 4.57 Å². The van der Waals surface area contributed by atoms with E-state index in [4.69, 9.17) is 9.47 Å². The van der Waals surface area contributed by atoms with Gasteiger partial charge in [-0.2, -0.15) is 0 Å². The van der Waals surface area contributed by atoms with Gasteiger partial charge in [0.2, 0.25) is 11.8 Å². The van der Waals surface area contributed by atoms with Crippen molar-refractivity contribution in [2.45, 2.75) is 32.4 Å². The van der Waals surface area contributed by atoms with E-state index in [9.17, 15) is 0 Å². The molecule has 2 aromatic heterocycles. The number of aryl methyl sites for hydroxylation is 2. The molecule has 8 nitrogen and oxygen atoms in total. The van der Waals surface area contributed by atoms with Crippen molar-refractivity contribution >= 4 is 11.6 Å². The van der Waals surface area contributed by atoms with Crippen LogP contribution in [0, 0.1) is 6.92 Å². The van der Waals surface area contributed by atoms with E-state index in [2.05, 4.69) is 50.1 Å². The van der Waals surface area contributed by atoms with Crippen molar-refractivity contribution in [1.82, 2.24) is 19.7 Å². The number of hydrogen-bond acceptors (Lipinski definition) is 7. The van der Waals surface area contributed by atoms with Crippen molar-refractivity contribution in [3.05, 3.63) is 53.5 Å². The standard InChI is InChI=1S/C23H28N6O2/c1-16-6-8-20-17(11-16)5-4-10-28(20)19-13-27(14-19)23-26-25-21(15-30-2)29(23)18-7-9-22(31-3)24-12-18/h6-9,11-12,19H,4-5,10,13-15H2,1-3H3. The van der Waals surface area contributed by atoms with Crippen LogP contribution in [0.15, 0.2) is 36.5 Å². The zero-order chi connectivity index (χ0) is 21.4. The molecular formula is C23H28N6O2. The molecule has 0 unspecified atom stereocenters. The highest BCUT2D eigenvalue weighted by atomic mass is 16.5. The summed E-state index contributed by atoms with van der Waals surface area (Å²) >= 11 is 0. The molecule has 0 N–H and O–H groups in total. The van der Waals surface area contributed by atoms with E-state index in [-0.39, 0.29) is 0 Å². The van der Waals surface area contributed by atoms with Gasteiger partial charge in [-0.15, -0.1) is 10.2 Å². The van der Waals surface area contributed by atoms with Gasteiger partial charge in [0.1, 0.15) is 6.61 Å². The van der Waals surface area contributed by atoms with Crippen molar-refractivity contribution in [3.8, 4) is 11.6 Å². The second-order valence-electron chi connectivity index (χ2n) is 8.23. The minimum absolute atomic E-state index is 0.384. The summed E-state index contributed by atoms with van der Waals surface area (Å²) in [5, 5.41) is 8.88. The molecule has 8 heteroatoms. The molecule has 0 amide bonds. The molecule has 5 rings (SSSR count). The molecule has 162 valence electrons. The van der Waals surface area contributed by atoms with Gasteiger partial charge in [0.15, 0.2) is 5.82 Å². The number of aromatic nitrogens is 4. The maximum absolute atomic E-state index is 5.35. The number of pyridine rings is 1. The summed E-state index contributed by atoms with van der Waals surface area (Å²) in [5.74, 6) is 2.16. The third kappa shape index (κ3) is 3.61. The SMILES string of the molecule is COCc1nnc(N2CC(N3CCCc4cc(C)ccc43)C2)n1-c1ccc(OC)nc1. The van der Waals surface area contributed by atoms with Crippen molar-refractivity contribution in [2.75, 3.05) is 43.7 Å². The molecule has 2 aliphatic rings.